The Morgan fingerprint density at radius 3 is 2.73 bits per heavy atom. The number of rotatable bonds is 5. The number of hydrogen-bond acceptors (Lipinski definition) is 4. The van der Waals surface area contributed by atoms with E-state index in [-0.39, 0.29) is 19.7 Å². The molecule has 2 heterocycles. The number of hydrogen-bond donors (Lipinski definition) is 3. The molecule has 0 aliphatic carbocycles. The molecule has 2 atom stereocenters. The number of carbonyl (C=O) groups is 2. The van der Waals surface area contributed by atoms with E-state index in [1.165, 1.54) is 35.2 Å². The van der Waals surface area contributed by atoms with Gasteiger partial charge in [-0.25, -0.2) is 13.6 Å². The quantitative estimate of drug-likeness (QED) is 0.694. The van der Waals surface area contributed by atoms with Gasteiger partial charge in [0.2, 0.25) is 5.91 Å². The zero-order chi connectivity index (χ0) is 21.3. The van der Waals surface area contributed by atoms with Crippen LogP contribution in [0.4, 0.5) is 19.3 Å². The highest BCUT2D eigenvalue weighted by molar-refractivity contribution is 5.95. The van der Waals surface area contributed by atoms with E-state index < -0.39 is 35.5 Å². The maximum absolute atomic E-state index is 14.8. The predicted molar refractivity (Wildman–Crippen MR) is 104 cm³/mol. The molecule has 4 rings (SSSR count). The number of nitrogens with zero attached hydrogens (tertiary/aromatic N) is 1. The van der Waals surface area contributed by atoms with Crippen LogP contribution in [0.1, 0.15) is 17.0 Å². The number of carbonyl (C=O) groups excluding carboxylic acids is 2. The average molecular weight is 417 g/mol. The zero-order valence-corrected chi connectivity index (χ0v) is 16.0. The van der Waals surface area contributed by atoms with E-state index in [0.717, 1.165) is 5.56 Å². The van der Waals surface area contributed by atoms with Crippen LogP contribution in [0.2, 0.25) is 0 Å². The van der Waals surface area contributed by atoms with Crippen LogP contribution in [0.5, 0.6) is 5.75 Å². The predicted octanol–water partition coefficient (Wildman–Crippen LogP) is 2.01. The summed E-state index contributed by atoms with van der Waals surface area (Å²) in [6, 6.07) is 6.50. The van der Waals surface area contributed by atoms with Gasteiger partial charge in [0.25, 0.3) is 0 Å². The standard InChI is InChI=1S/C21H21F2N3O4/c22-13-1-3-14(4-2-13)24-21(29)25-19-16(11-26(6-7-27)20(19)28)15-9-12-5-8-30-18(12)10-17(15)23/h1-4,9-10,16,19,27H,5-8,11H2,(H2,24,25,29)/t16-,19?/m0/s1. The van der Waals surface area contributed by atoms with E-state index in [9.17, 15) is 23.5 Å². The Morgan fingerprint density at radius 1 is 1.23 bits per heavy atom. The van der Waals surface area contributed by atoms with Crippen molar-refractivity contribution in [1.82, 2.24) is 10.2 Å². The third-order valence-electron chi connectivity index (χ3n) is 5.36. The summed E-state index contributed by atoms with van der Waals surface area (Å²) in [5, 5.41) is 14.4. The number of urea groups is 1. The fourth-order valence-electron chi connectivity index (χ4n) is 3.91. The van der Waals surface area contributed by atoms with Gasteiger partial charge < -0.3 is 25.4 Å². The number of aliphatic hydroxyl groups excluding tert-OH is 1. The summed E-state index contributed by atoms with van der Waals surface area (Å²) in [5.74, 6) is -1.49. The summed E-state index contributed by atoms with van der Waals surface area (Å²) in [5.41, 5.74) is 1.53. The number of halogens is 2. The van der Waals surface area contributed by atoms with Gasteiger partial charge in [0.1, 0.15) is 23.4 Å². The first-order valence-corrected chi connectivity index (χ1v) is 9.64. The van der Waals surface area contributed by atoms with Crippen LogP contribution < -0.4 is 15.4 Å². The molecule has 2 aliphatic heterocycles. The highest BCUT2D eigenvalue weighted by atomic mass is 19.1. The number of nitrogens with one attached hydrogen (secondary N) is 2. The number of amides is 3. The van der Waals surface area contributed by atoms with Gasteiger partial charge in [0, 0.05) is 37.2 Å². The van der Waals surface area contributed by atoms with Crippen LogP contribution in [-0.4, -0.2) is 54.3 Å². The molecule has 2 aromatic rings. The number of likely N-dealkylation sites (tertiary alicyclic amines) is 1. The van der Waals surface area contributed by atoms with Gasteiger partial charge in [0.05, 0.1) is 13.2 Å². The fourth-order valence-corrected chi connectivity index (χ4v) is 3.91. The minimum Gasteiger partial charge on any atom is -0.493 e. The lowest BCUT2D eigenvalue weighted by Gasteiger charge is -2.20. The van der Waals surface area contributed by atoms with Crippen molar-refractivity contribution in [3.8, 4) is 5.75 Å². The first-order chi connectivity index (χ1) is 14.5. The SMILES string of the molecule is O=C(Nc1ccc(F)cc1)NC1C(=O)N(CCO)C[C@H]1c1cc2c(cc1F)OCC2. The summed E-state index contributed by atoms with van der Waals surface area (Å²) in [7, 11) is 0. The van der Waals surface area contributed by atoms with E-state index in [2.05, 4.69) is 10.6 Å². The highest BCUT2D eigenvalue weighted by Gasteiger charge is 2.43. The number of ether oxygens (including phenoxy) is 1. The van der Waals surface area contributed by atoms with Crippen molar-refractivity contribution >= 4 is 17.6 Å². The smallest absolute Gasteiger partial charge is 0.319 e. The number of fused-ring (bicyclic) bond motifs is 1. The third-order valence-corrected chi connectivity index (χ3v) is 5.36. The van der Waals surface area contributed by atoms with E-state index in [1.807, 2.05) is 0 Å². The van der Waals surface area contributed by atoms with Crippen LogP contribution in [0.3, 0.4) is 0 Å². The Balaban J connectivity index is 1.57. The van der Waals surface area contributed by atoms with Crippen molar-refractivity contribution in [1.29, 1.82) is 0 Å². The summed E-state index contributed by atoms with van der Waals surface area (Å²) in [6.07, 6.45) is 0.646. The molecule has 3 N–H and O–H groups in total. The Morgan fingerprint density at radius 2 is 2.00 bits per heavy atom. The maximum Gasteiger partial charge on any atom is 0.319 e. The number of anilines is 1. The van der Waals surface area contributed by atoms with Crippen molar-refractivity contribution in [3.05, 3.63) is 59.2 Å². The van der Waals surface area contributed by atoms with Gasteiger partial charge >= 0.3 is 6.03 Å². The Kier molecular flexibility index (Phi) is 5.54. The van der Waals surface area contributed by atoms with Gasteiger partial charge in [-0.3, -0.25) is 4.79 Å². The van der Waals surface area contributed by atoms with Crippen LogP contribution >= 0.6 is 0 Å². The molecule has 0 aromatic heterocycles. The summed E-state index contributed by atoms with van der Waals surface area (Å²) in [4.78, 5) is 26.7. The molecule has 2 aliphatic rings. The van der Waals surface area contributed by atoms with E-state index in [1.54, 1.807) is 6.07 Å². The molecular weight excluding hydrogens is 396 g/mol. The molecule has 0 spiro atoms. The van der Waals surface area contributed by atoms with Crippen molar-refractivity contribution < 1.29 is 28.2 Å². The van der Waals surface area contributed by atoms with Gasteiger partial charge in [-0.1, -0.05) is 0 Å². The van der Waals surface area contributed by atoms with Gasteiger partial charge in [-0.2, -0.15) is 0 Å². The van der Waals surface area contributed by atoms with Crippen molar-refractivity contribution in [3.63, 3.8) is 0 Å². The molecule has 9 heteroatoms. The monoisotopic (exact) mass is 417 g/mol. The summed E-state index contributed by atoms with van der Waals surface area (Å²) < 4.78 is 33.2. The van der Waals surface area contributed by atoms with Gasteiger partial charge in [-0.15, -0.1) is 0 Å². The number of aliphatic hydroxyl groups is 1. The molecule has 0 radical (unpaired) electrons. The first kappa shape index (κ1) is 20.1. The summed E-state index contributed by atoms with van der Waals surface area (Å²) in [6.45, 7) is 0.480. The molecule has 30 heavy (non-hydrogen) atoms. The van der Waals surface area contributed by atoms with Crippen LogP contribution in [0.15, 0.2) is 36.4 Å². The molecule has 1 fully saturated rings. The molecule has 0 bridgehead atoms. The maximum atomic E-state index is 14.8. The Hall–Kier alpha value is -3.20. The van der Waals surface area contributed by atoms with Gasteiger partial charge in [-0.05, 0) is 41.5 Å². The number of benzene rings is 2. The molecule has 2 aromatic carbocycles. The van der Waals surface area contributed by atoms with Gasteiger partial charge in [0.15, 0.2) is 0 Å². The topological polar surface area (TPSA) is 90.9 Å². The number of β-amino-alcohol motifs (C(OH)–C–C–N with tert-alkyl or cyclic N) is 1. The minimum atomic E-state index is -1.01. The van der Waals surface area contributed by atoms with Crippen LogP contribution in [0.25, 0.3) is 0 Å². The minimum absolute atomic E-state index is 0.0861. The van der Waals surface area contributed by atoms with Crippen molar-refractivity contribution in [2.45, 2.75) is 18.4 Å². The summed E-state index contributed by atoms with van der Waals surface area (Å²) >= 11 is 0. The lowest BCUT2D eigenvalue weighted by molar-refractivity contribution is -0.129. The second kappa shape index (κ2) is 8.27. The third kappa shape index (κ3) is 3.93. The molecular formula is C21H21F2N3O4. The lowest BCUT2D eigenvalue weighted by atomic mass is 9.91. The second-order valence-corrected chi connectivity index (χ2v) is 7.28. The average Bonchev–Trinajstić information content (AvgIpc) is 3.28. The highest BCUT2D eigenvalue weighted by Crippen LogP contribution is 2.36. The largest absolute Gasteiger partial charge is 0.493 e. The second-order valence-electron chi connectivity index (χ2n) is 7.28. The molecule has 1 unspecified atom stereocenters. The first-order valence-electron chi connectivity index (χ1n) is 9.64. The Labute approximate surface area is 171 Å². The van der Waals surface area contributed by atoms with E-state index in [0.29, 0.717) is 30.0 Å². The van der Waals surface area contributed by atoms with Crippen LogP contribution in [0, 0.1) is 11.6 Å². The van der Waals surface area contributed by atoms with Crippen molar-refractivity contribution in [2.24, 2.45) is 0 Å². The molecule has 7 nitrogen and oxygen atoms in total. The normalized spacial score (nSPS) is 20.1. The Bertz CT molecular complexity index is 967. The molecule has 158 valence electrons. The lowest BCUT2D eigenvalue weighted by Crippen LogP contribution is -2.45. The zero-order valence-electron chi connectivity index (χ0n) is 16.0. The van der Waals surface area contributed by atoms with E-state index >= 15 is 0 Å². The van der Waals surface area contributed by atoms with Crippen molar-refractivity contribution in [2.75, 3.05) is 31.6 Å². The molecule has 1 saturated heterocycles. The molecule has 0 saturated carbocycles. The molecule has 3 amide bonds. The van der Waals surface area contributed by atoms with E-state index in [4.69, 9.17) is 4.74 Å². The van der Waals surface area contributed by atoms with Crippen LogP contribution in [-0.2, 0) is 11.2 Å². The fraction of sp³-hybridized carbons (Fsp3) is 0.333.